The topological polar surface area (TPSA) is 48.3 Å². The largest absolute Gasteiger partial charge is 0.351 e. The normalized spacial score (nSPS) is 13.1. The Labute approximate surface area is 116 Å². The van der Waals surface area contributed by atoms with Gasteiger partial charge in [0.1, 0.15) is 0 Å². The van der Waals surface area contributed by atoms with Gasteiger partial charge in [0.2, 0.25) is 0 Å². The Morgan fingerprint density at radius 1 is 1.21 bits per heavy atom. The summed E-state index contributed by atoms with van der Waals surface area (Å²) in [5.41, 5.74) is 1.21. The summed E-state index contributed by atoms with van der Waals surface area (Å²) in [7, 11) is 0. The van der Waals surface area contributed by atoms with Crippen LogP contribution in [-0.4, -0.2) is 41.9 Å². The standard InChI is InChI=1S/C14H27N3O2/c1-5-15-13(14(18-7-3)19-8-4)9-12-10-16-17(6-2)11-12/h10-11,13-15H,5-9H2,1-4H3. The number of rotatable bonds is 10. The van der Waals surface area contributed by atoms with Crippen molar-refractivity contribution in [2.75, 3.05) is 19.8 Å². The average Bonchev–Trinajstić information content (AvgIpc) is 2.86. The molecule has 110 valence electrons. The van der Waals surface area contributed by atoms with E-state index in [4.69, 9.17) is 9.47 Å². The second-order valence-corrected chi connectivity index (χ2v) is 4.35. The molecule has 19 heavy (non-hydrogen) atoms. The quantitative estimate of drug-likeness (QED) is 0.658. The van der Waals surface area contributed by atoms with Crippen molar-refractivity contribution in [2.24, 2.45) is 0 Å². The molecule has 1 unspecified atom stereocenters. The number of aromatic nitrogens is 2. The van der Waals surface area contributed by atoms with Crippen LogP contribution in [-0.2, 0) is 22.4 Å². The molecule has 0 radical (unpaired) electrons. The summed E-state index contributed by atoms with van der Waals surface area (Å²) in [6, 6.07) is 0.152. The smallest absolute Gasteiger partial charge is 0.172 e. The van der Waals surface area contributed by atoms with Crippen LogP contribution in [0, 0.1) is 0 Å². The SMILES string of the molecule is CCNC(Cc1cnn(CC)c1)C(OCC)OCC. The highest BCUT2D eigenvalue weighted by atomic mass is 16.7. The summed E-state index contributed by atoms with van der Waals surface area (Å²) in [6.07, 6.45) is 4.65. The first-order chi connectivity index (χ1) is 9.24. The number of ether oxygens (including phenoxy) is 2. The molecule has 1 heterocycles. The first kappa shape index (κ1) is 16.1. The van der Waals surface area contributed by atoms with Gasteiger partial charge in [0.05, 0.1) is 12.2 Å². The molecule has 0 aliphatic rings. The molecule has 1 aromatic rings. The van der Waals surface area contributed by atoms with Crippen LogP contribution in [0.5, 0.6) is 0 Å². The Kier molecular flexibility index (Phi) is 7.70. The van der Waals surface area contributed by atoms with E-state index in [9.17, 15) is 0 Å². The third-order valence-corrected chi connectivity index (χ3v) is 2.92. The van der Waals surface area contributed by atoms with E-state index >= 15 is 0 Å². The van der Waals surface area contributed by atoms with Gasteiger partial charge in [-0.15, -0.1) is 0 Å². The van der Waals surface area contributed by atoms with Crippen LogP contribution >= 0.6 is 0 Å². The van der Waals surface area contributed by atoms with E-state index in [-0.39, 0.29) is 12.3 Å². The fraction of sp³-hybridized carbons (Fsp3) is 0.786. The Bertz CT molecular complexity index is 335. The molecule has 0 aromatic carbocycles. The lowest BCUT2D eigenvalue weighted by molar-refractivity contribution is -0.153. The molecule has 0 bridgehead atoms. The second kappa shape index (κ2) is 9.07. The minimum atomic E-state index is -0.208. The van der Waals surface area contributed by atoms with E-state index < -0.39 is 0 Å². The van der Waals surface area contributed by atoms with Gasteiger partial charge in [-0.2, -0.15) is 5.10 Å². The van der Waals surface area contributed by atoms with Crippen LogP contribution < -0.4 is 5.32 Å². The monoisotopic (exact) mass is 269 g/mol. The Morgan fingerprint density at radius 3 is 2.37 bits per heavy atom. The Hall–Kier alpha value is -0.910. The lowest BCUT2D eigenvalue weighted by Crippen LogP contribution is -2.44. The summed E-state index contributed by atoms with van der Waals surface area (Å²) in [5.74, 6) is 0. The van der Waals surface area contributed by atoms with E-state index in [1.807, 2.05) is 24.7 Å². The van der Waals surface area contributed by atoms with Gasteiger partial charge in [-0.3, -0.25) is 4.68 Å². The number of nitrogens with one attached hydrogen (secondary N) is 1. The highest BCUT2D eigenvalue weighted by molar-refractivity contribution is 5.06. The molecule has 1 atom stereocenters. The summed E-state index contributed by atoms with van der Waals surface area (Å²) in [6.45, 7) is 11.3. The fourth-order valence-corrected chi connectivity index (χ4v) is 2.07. The summed E-state index contributed by atoms with van der Waals surface area (Å²) in [5, 5.41) is 7.75. The van der Waals surface area contributed by atoms with Crippen LogP contribution in [0.15, 0.2) is 12.4 Å². The number of hydrogen-bond acceptors (Lipinski definition) is 4. The molecule has 0 fully saturated rings. The molecule has 5 nitrogen and oxygen atoms in total. The summed E-state index contributed by atoms with van der Waals surface area (Å²) in [4.78, 5) is 0. The van der Waals surface area contributed by atoms with Crippen LogP contribution in [0.1, 0.15) is 33.3 Å². The van der Waals surface area contributed by atoms with Crippen LogP contribution in [0.25, 0.3) is 0 Å². The average molecular weight is 269 g/mol. The van der Waals surface area contributed by atoms with Crippen molar-refractivity contribution in [2.45, 2.75) is 53.0 Å². The highest BCUT2D eigenvalue weighted by Crippen LogP contribution is 2.10. The van der Waals surface area contributed by atoms with Gasteiger partial charge in [0.25, 0.3) is 0 Å². The molecule has 1 aromatic heterocycles. The van der Waals surface area contributed by atoms with Gasteiger partial charge in [0.15, 0.2) is 6.29 Å². The zero-order valence-electron chi connectivity index (χ0n) is 12.6. The van der Waals surface area contributed by atoms with Gasteiger partial charge in [-0.25, -0.2) is 0 Å². The van der Waals surface area contributed by atoms with Crippen molar-refractivity contribution in [1.29, 1.82) is 0 Å². The third-order valence-electron chi connectivity index (χ3n) is 2.92. The van der Waals surface area contributed by atoms with E-state index in [2.05, 4.69) is 30.5 Å². The van der Waals surface area contributed by atoms with E-state index in [0.717, 1.165) is 19.5 Å². The molecular formula is C14H27N3O2. The third kappa shape index (κ3) is 5.30. The van der Waals surface area contributed by atoms with Crippen molar-refractivity contribution in [3.8, 4) is 0 Å². The van der Waals surface area contributed by atoms with E-state index in [1.54, 1.807) is 0 Å². The number of hydrogen-bond donors (Lipinski definition) is 1. The summed E-state index contributed by atoms with van der Waals surface area (Å²) < 4.78 is 13.3. The predicted molar refractivity (Wildman–Crippen MR) is 76.1 cm³/mol. The zero-order valence-corrected chi connectivity index (χ0v) is 12.6. The van der Waals surface area contributed by atoms with Crippen LogP contribution in [0.4, 0.5) is 0 Å². The number of aryl methyl sites for hydroxylation is 1. The molecule has 0 spiro atoms. The number of likely N-dealkylation sites (N-methyl/N-ethyl adjacent to an activating group) is 1. The van der Waals surface area contributed by atoms with Gasteiger partial charge in [-0.05, 0) is 39.3 Å². The van der Waals surface area contributed by atoms with Crippen molar-refractivity contribution in [3.63, 3.8) is 0 Å². The molecule has 1 N–H and O–H groups in total. The number of nitrogens with zero attached hydrogens (tertiary/aromatic N) is 2. The molecule has 0 saturated heterocycles. The lowest BCUT2D eigenvalue weighted by Gasteiger charge is -2.27. The zero-order chi connectivity index (χ0) is 14.1. The van der Waals surface area contributed by atoms with Crippen LogP contribution in [0.2, 0.25) is 0 Å². The molecule has 0 saturated carbocycles. The molecule has 0 amide bonds. The first-order valence-corrected chi connectivity index (χ1v) is 7.22. The minimum absolute atomic E-state index is 0.152. The van der Waals surface area contributed by atoms with Crippen molar-refractivity contribution < 1.29 is 9.47 Å². The predicted octanol–water partition coefficient (Wildman–Crippen LogP) is 1.82. The maximum atomic E-state index is 5.69. The molecule has 0 aliphatic heterocycles. The molecule has 1 rings (SSSR count). The summed E-state index contributed by atoms with van der Waals surface area (Å²) >= 11 is 0. The Balaban J connectivity index is 2.68. The van der Waals surface area contributed by atoms with Gasteiger partial charge < -0.3 is 14.8 Å². The van der Waals surface area contributed by atoms with Gasteiger partial charge in [0, 0.05) is 26.0 Å². The van der Waals surface area contributed by atoms with Crippen molar-refractivity contribution >= 4 is 0 Å². The maximum absolute atomic E-state index is 5.69. The minimum Gasteiger partial charge on any atom is -0.351 e. The second-order valence-electron chi connectivity index (χ2n) is 4.35. The van der Waals surface area contributed by atoms with Gasteiger partial charge >= 0.3 is 0 Å². The highest BCUT2D eigenvalue weighted by Gasteiger charge is 2.22. The van der Waals surface area contributed by atoms with E-state index in [1.165, 1.54) is 5.56 Å². The molecule has 0 aliphatic carbocycles. The van der Waals surface area contributed by atoms with E-state index in [0.29, 0.717) is 13.2 Å². The lowest BCUT2D eigenvalue weighted by atomic mass is 10.1. The molecular weight excluding hydrogens is 242 g/mol. The van der Waals surface area contributed by atoms with Crippen LogP contribution in [0.3, 0.4) is 0 Å². The molecule has 5 heteroatoms. The van der Waals surface area contributed by atoms with Gasteiger partial charge in [-0.1, -0.05) is 6.92 Å². The van der Waals surface area contributed by atoms with Crippen molar-refractivity contribution in [1.82, 2.24) is 15.1 Å². The first-order valence-electron chi connectivity index (χ1n) is 7.22. The maximum Gasteiger partial charge on any atom is 0.172 e. The fourth-order valence-electron chi connectivity index (χ4n) is 2.07. The Morgan fingerprint density at radius 2 is 1.89 bits per heavy atom. The van der Waals surface area contributed by atoms with Crippen molar-refractivity contribution in [3.05, 3.63) is 18.0 Å².